The second-order valence-electron chi connectivity index (χ2n) is 4.08. The lowest BCUT2D eigenvalue weighted by Gasteiger charge is -1.93. The van der Waals surface area contributed by atoms with E-state index in [1.54, 1.807) is 22.7 Å². The van der Waals surface area contributed by atoms with Gasteiger partial charge < -0.3 is 0 Å². The van der Waals surface area contributed by atoms with E-state index in [9.17, 15) is 0 Å². The maximum atomic E-state index is 4.48. The Hall–Kier alpha value is -1.78. The Morgan fingerprint density at radius 2 is 2.00 bits per heavy atom. The molecule has 4 heteroatoms. The average Bonchev–Trinajstić information content (AvgIpc) is 3.07. The highest BCUT2D eigenvalue weighted by atomic mass is 32.1. The standard InChI is InChI=1S/C15H12N2S2/c1-11-4-2-5-12(17-11)10-16-15-8-7-14(19-15)13-6-3-9-18-13/h2-10H,1H3/b16-10+. The smallest absolute Gasteiger partial charge is 0.116 e. The molecule has 3 aromatic rings. The molecule has 3 aromatic heterocycles. The van der Waals surface area contributed by atoms with Gasteiger partial charge in [-0.3, -0.25) is 4.98 Å². The number of pyridine rings is 1. The average molecular weight is 284 g/mol. The van der Waals surface area contributed by atoms with E-state index >= 15 is 0 Å². The highest BCUT2D eigenvalue weighted by Crippen LogP contribution is 2.35. The summed E-state index contributed by atoms with van der Waals surface area (Å²) in [6, 6.07) is 14.3. The van der Waals surface area contributed by atoms with Gasteiger partial charge in [-0.1, -0.05) is 12.1 Å². The number of rotatable bonds is 3. The van der Waals surface area contributed by atoms with Crippen LogP contribution in [0.3, 0.4) is 0 Å². The van der Waals surface area contributed by atoms with E-state index in [-0.39, 0.29) is 0 Å². The molecule has 2 nitrogen and oxygen atoms in total. The molecule has 19 heavy (non-hydrogen) atoms. The van der Waals surface area contributed by atoms with E-state index in [2.05, 4.69) is 33.6 Å². The Morgan fingerprint density at radius 3 is 2.79 bits per heavy atom. The van der Waals surface area contributed by atoms with Crippen LogP contribution in [0.1, 0.15) is 11.4 Å². The summed E-state index contributed by atoms with van der Waals surface area (Å²) >= 11 is 3.45. The molecule has 0 atom stereocenters. The molecule has 3 rings (SSSR count). The molecule has 0 bridgehead atoms. The van der Waals surface area contributed by atoms with Crippen molar-refractivity contribution in [3.05, 3.63) is 59.2 Å². The van der Waals surface area contributed by atoms with Crippen molar-refractivity contribution >= 4 is 33.9 Å². The van der Waals surface area contributed by atoms with Crippen LogP contribution in [0.4, 0.5) is 5.00 Å². The number of hydrogen-bond donors (Lipinski definition) is 0. The maximum absolute atomic E-state index is 4.48. The van der Waals surface area contributed by atoms with Crippen molar-refractivity contribution in [3.8, 4) is 9.75 Å². The Kier molecular flexibility index (Phi) is 3.53. The highest BCUT2D eigenvalue weighted by molar-refractivity contribution is 7.23. The molecule has 0 N–H and O–H groups in total. The zero-order chi connectivity index (χ0) is 13.1. The van der Waals surface area contributed by atoms with Crippen molar-refractivity contribution in [2.45, 2.75) is 6.92 Å². The van der Waals surface area contributed by atoms with Gasteiger partial charge in [0, 0.05) is 15.4 Å². The van der Waals surface area contributed by atoms with Crippen LogP contribution in [0.25, 0.3) is 9.75 Å². The summed E-state index contributed by atoms with van der Waals surface area (Å²) in [5, 5.41) is 3.10. The van der Waals surface area contributed by atoms with Crippen LogP contribution in [0.5, 0.6) is 0 Å². The van der Waals surface area contributed by atoms with Crippen molar-refractivity contribution in [1.29, 1.82) is 0 Å². The molecule has 0 unspecified atom stereocenters. The molecule has 3 heterocycles. The maximum Gasteiger partial charge on any atom is 0.116 e. The van der Waals surface area contributed by atoms with Gasteiger partial charge in [0.15, 0.2) is 0 Å². The minimum Gasteiger partial charge on any atom is -0.252 e. The molecule has 0 aliphatic carbocycles. The van der Waals surface area contributed by atoms with E-state index in [1.807, 2.05) is 37.4 Å². The lowest BCUT2D eigenvalue weighted by molar-refractivity contribution is 1.19. The monoisotopic (exact) mass is 284 g/mol. The lowest BCUT2D eigenvalue weighted by atomic mass is 10.3. The topological polar surface area (TPSA) is 25.2 Å². The Labute approximate surface area is 120 Å². The number of aryl methyl sites for hydroxylation is 1. The zero-order valence-electron chi connectivity index (χ0n) is 10.4. The summed E-state index contributed by atoms with van der Waals surface area (Å²) < 4.78 is 0. The van der Waals surface area contributed by atoms with Crippen LogP contribution in [0.15, 0.2) is 52.8 Å². The number of aliphatic imine (C=N–C) groups is 1. The van der Waals surface area contributed by atoms with Crippen molar-refractivity contribution < 1.29 is 0 Å². The predicted octanol–water partition coefficient (Wildman–Crippen LogP) is 4.93. The van der Waals surface area contributed by atoms with Crippen LogP contribution >= 0.6 is 22.7 Å². The van der Waals surface area contributed by atoms with Gasteiger partial charge in [-0.15, -0.1) is 22.7 Å². The number of thiophene rings is 2. The Balaban J connectivity index is 1.81. The predicted molar refractivity (Wildman–Crippen MR) is 83.9 cm³/mol. The number of hydrogen-bond acceptors (Lipinski definition) is 4. The quantitative estimate of drug-likeness (QED) is 0.626. The van der Waals surface area contributed by atoms with Crippen molar-refractivity contribution in [2.75, 3.05) is 0 Å². The number of nitrogens with zero attached hydrogens (tertiary/aromatic N) is 2. The van der Waals surface area contributed by atoms with Crippen LogP contribution in [-0.4, -0.2) is 11.2 Å². The first-order chi connectivity index (χ1) is 9.31. The summed E-state index contributed by atoms with van der Waals surface area (Å²) in [6.45, 7) is 1.98. The fraction of sp³-hybridized carbons (Fsp3) is 0.0667. The molecule has 0 saturated carbocycles. The number of aromatic nitrogens is 1. The molecular formula is C15H12N2S2. The van der Waals surface area contributed by atoms with E-state index in [0.717, 1.165) is 16.4 Å². The zero-order valence-corrected chi connectivity index (χ0v) is 12.0. The Morgan fingerprint density at radius 1 is 1.05 bits per heavy atom. The van der Waals surface area contributed by atoms with Gasteiger partial charge >= 0.3 is 0 Å². The van der Waals surface area contributed by atoms with Crippen LogP contribution in [0.2, 0.25) is 0 Å². The first-order valence-corrected chi connectivity index (χ1v) is 7.62. The fourth-order valence-corrected chi connectivity index (χ4v) is 3.40. The third kappa shape index (κ3) is 2.97. The van der Waals surface area contributed by atoms with Crippen LogP contribution < -0.4 is 0 Å². The third-order valence-corrected chi connectivity index (χ3v) is 4.65. The molecular weight excluding hydrogens is 272 g/mol. The SMILES string of the molecule is Cc1cccc(/C=N/c2ccc(-c3cccs3)s2)n1. The van der Waals surface area contributed by atoms with Gasteiger partial charge in [0.25, 0.3) is 0 Å². The van der Waals surface area contributed by atoms with Gasteiger partial charge in [-0.05, 0) is 42.6 Å². The summed E-state index contributed by atoms with van der Waals surface area (Å²) in [4.78, 5) is 11.4. The molecule has 0 aliphatic rings. The Bertz CT molecular complexity index is 697. The molecule has 94 valence electrons. The highest BCUT2D eigenvalue weighted by Gasteiger charge is 2.02. The first-order valence-electron chi connectivity index (χ1n) is 5.93. The van der Waals surface area contributed by atoms with E-state index in [1.165, 1.54) is 9.75 Å². The van der Waals surface area contributed by atoms with Gasteiger partial charge in [0.2, 0.25) is 0 Å². The first kappa shape index (κ1) is 12.3. The normalized spacial score (nSPS) is 11.2. The molecule has 0 saturated heterocycles. The lowest BCUT2D eigenvalue weighted by Crippen LogP contribution is -1.88. The molecule has 0 spiro atoms. The minimum absolute atomic E-state index is 0.895. The molecule has 0 aliphatic heterocycles. The second kappa shape index (κ2) is 5.47. The summed E-state index contributed by atoms with van der Waals surface area (Å²) in [7, 11) is 0. The summed E-state index contributed by atoms with van der Waals surface area (Å²) in [5.74, 6) is 0. The van der Waals surface area contributed by atoms with E-state index < -0.39 is 0 Å². The van der Waals surface area contributed by atoms with Gasteiger partial charge in [-0.2, -0.15) is 0 Å². The van der Waals surface area contributed by atoms with Crippen molar-refractivity contribution in [3.63, 3.8) is 0 Å². The van der Waals surface area contributed by atoms with Gasteiger partial charge in [0.1, 0.15) is 5.00 Å². The van der Waals surface area contributed by atoms with Gasteiger partial charge in [0.05, 0.1) is 11.9 Å². The minimum atomic E-state index is 0.895. The van der Waals surface area contributed by atoms with Crippen molar-refractivity contribution in [1.82, 2.24) is 4.98 Å². The van der Waals surface area contributed by atoms with E-state index in [0.29, 0.717) is 0 Å². The van der Waals surface area contributed by atoms with E-state index in [4.69, 9.17) is 0 Å². The van der Waals surface area contributed by atoms with Crippen LogP contribution in [0, 0.1) is 6.92 Å². The fourth-order valence-electron chi connectivity index (χ4n) is 1.71. The molecule has 0 aromatic carbocycles. The van der Waals surface area contributed by atoms with Crippen LogP contribution in [-0.2, 0) is 0 Å². The van der Waals surface area contributed by atoms with Gasteiger partial charge in [-0.25, -0.2) is 4.99 Å². The molecule has 0 radical (unpaired) electrons. The summed E-state index contributed by atoms with van der Waals surface area (Å²) in [5.41, 5.74) is 1.90. The van der Waals surface area contributed by atoms with Crippen molar-refractivity contribution in [2.24, 2.45) is 4.99 Å². The molecule has 0 amide bonds. The largest absolute Gasteiger partial charge is 0.252 e. The molecule has 0 fully saturated rings. The summed E-state index contributed by atoms with van der Waals surface area (Å²) in [6.07, 6.45) is 1.82. The second-order valence-corrected chi connectivity index (χ2v) is 6.09. The third-order valence-electron chi connectivity index (χ3n) is 2.59.